The Kier molecular flexibility index (Phi) is 6.34. The minimum atomic E-state index is -0.466. The number of rotatable bonds is 7. The fourth-order valence-corrected chi connectivity index (χ4v) is 2.94. The second kappa shape index (κ2) is 9.10. The molecule has 1 amide bonds. The Morgan fingerprint density at radius 1 is 0.926 bits per heavy atom. The summed E-state index contributed by atoms with van der Waals surface area (Å²) in [6, 6.07) is 23.3. The molecule has 0 heterocycles. The normalized spacial score (nSPS) is 11.8. The van der Waals surface area contributed by atoms with Crippen LogP contribution in [0, 0.1) is 12.7 Å². The van der Waals surface area contributed by atoms with Crippen LogP contribution in [0.2, 0.25) is 0 Å². The van der Waals surface area contributed by atoms with Crippen molar-refractivity contribution in [2.45, 2.75) is 19.4 Å². The molecule has 0 saturated heterocycles. The minimum absolute atomic E-state index is 0.102. The van der Waals surface area contributed by atoms with E-state index in [1.807, 2.05) is 61.5 Å². The predicted molar refractivity (Wildman–Crippen MR) is 107 cm³/mol. The van der Waals surface area contributed by atoms with Gasteiger partial charge < -0.3 is 10.6 Å². The molecule has 2 N–H and O–H groups in total. The fraction of sp³-hybridized carbons (Fsp3) is 0.174. The third kappa shape index (κ3) is 5.25. The van der Waals surface area contributed by atoms with Gasteiger partial charge in [0.1, 0.15) is 11.9 Å². The lowest BCUT2D eigenvalue weighted by molar-refractivity contribution is -0.118. The zero-order valence-corrected chi connectivity index (χ0v) is 15.3. The Balaban J connectivity index is 1.70. The maximum Gasteiger partial charge on any atom is 0.246 e. The summed E-state index contributed by atoms with van der Waals surface area (Å²) in [7, 11) is 0. The van der Waals surface area contributed by atoms with Crippen molar-refractivity contribution < 1.29 is 9.18 Å². The molecule has 0 aliphatic carbocycles. The Hall–Kier alpha value is -2.98. The number of hydrogen-bond acceptors (Lipinski definition) is 2. The van der Waals surface area contributed by atoms with Gasteiger partial charge in [0.15, 0.2) is 0 Å². The molecule has 3 nitrogen and oxygen atoms in total. The zero-order valence-electron chi connectivity index (χ0n) is 15.3. The van der Waals surface area contributed by atoms with Crippen molar-refractivity contribution in [1.29, 1.82) is 0 Å². The smallest absolute Gasteiger partial charge is 0.246 e. The van der Waals surface area contributed by atoms with E-state index >= 15 is 0 Å². The first-order valence-corrected chi connectivity index (χ1v) is 9.03. The van der Waals surface area contributed by atoms with Crippen LogP contribution in [0.3, 0.4) is 0 Å². The molecule has 0 radical (unpaired) electrons. The van der Waals surface area contributed by atoms with Crippen molar-refractivity contribution in [1.82, 2.24) is 5.32 Å². The number of anilines is 1. The second-order valence-electron chi connectivity index (χ2n) is 6.48. The molecule has 0 saturated carbocycles. The van der Waals surface area contributed by atoms with E-state index in [1.54, 1.807) is 12.1 Å². The van der Waals surface area contributed by atoms with Gasteiger partial charge in [0.25, 0.3) is 0 Å². The van der Waals surface area contributed by atoms with Crippen LogP contribution in [0.5, 0.6) is 0 Å². The van der Waals surface area contributed by atoms with Gasteiger partial charge in [0.2, 0.25) is 5.91 Å². The van der Waals surface area contributed by atoms with Crippen LogP contribution < -0.4 is 10.6 Å². The molecule has 0 bridgehead atoms. The molecular weight excluding hydrogens is 339 g/mol. The molecule has 138 valence electrons. The molecule has 0 aliphatic heterocycles. The first-order valence-electron chi connectivity index (χ1n) is 9.03. The van der Waals surface area contributed by atoms with Gasteiger partial charge in [-0.05, 0) is 48.2 Å². The summed E-state index contributed by atoms with van der Waals surface area (Å²) < 4.78 is 13.0. The summed E-state index contributed by atoms with van der Waals surface area (Å²) in [6.07, 6.45) is 0.710. The van der Waals surface area contributed by atoms with Gasteiger partial charge in [-0.25, -0.2) is 4.39 Å². The zero-order chi connectivity index (χ0) is 19.1. The number of amides is 1. The van der Waals surface area contributed by atoms with Crippen LogP contribution in [0.1, 0.15) is 22.7 Å². The average molecular weight is 362 g/mol. The van der Waals surface area contributed by atoms with Gasteiger partial charge in [-0.3, -0.25) is 4.79 Å². The van der Waals surface area contributed by atoms with E-state index in [4.69, 9.17) is 0 Å². The number of benzene rings is 3. The Morgan fingerprint density at radius 3 is 2.30 bits per heavy atom. The standard InChI is InChI=1S/C23H23FN2O/c1-17-7-5-6-10-21(17)26-23(27)22(19-8-3-2-4-9-19)25-16-15-18-11-13-20(24)14-12-18/h2-14,22,25H,15-16H2,1H3,(H,26,27)/t22-/m1/s1. The number of para-hydroxylation sites is 1. The predicted octanol–water partition coefficient (Wildman–Crippen LogP) is 4.65. The molecule has 3 aromatic carbocycles. The summed E-state index contributed by atoms with van der Waals surface area (Å²) in [6.45, 7) is 2.57. The highest BCUT2D eigenvalue weighted by Crippen LogP contribution is 2.18. The van der Waals surface area contributed by atoms with Crippen molar-refractivity contribution >= 4 is 11.6 Å². The fourth-order valence-electron chi connectivity index (χ4n) is 2.94. The van der Waals surface area contributed by atoms with Crippen molar-refractivity contribution in [3.8, 4) is 0 Å². The first kappa shape index (κ1) is 18.8. The molecular formula is C23H23FN2O. The van der Waals surface area contributed by atoms with Gasteiger partial charge in [0.05, 0.1) is 0 Å². The first-order chi connectivity index (χ1) is 13.1. The highest BCUT2D eigenvalue weighted by molar-refractivity contribution is 5.96. The SMILES string of the molecule is Cc1ccccc1NC(=O)[C@H](NCCc1ccc(F)cc1)c1ccccc1. The number of aryl methyl sites for hydroxylation is 1. The highest BCUT2D eigenvalue weighted by atomic mass is 19.1. The van der Waals surface area contributed by atoms with E-state index in [0.29, 0.717) is 13.0 Å². The maximum atomic E-state index is 13.0. The van der Waals surface area contributed by atoms with Crippen LogP contribution >= 0.6 is 0 Å². The molecule has 4 heteroatoms. The van der Waals surface area contributed by atoms with Gasteiger partial charge in [-0.2, -0.15) is 0 Å². The largest absolute Gasteiger partial charge is 0.324 e. The third-order valence-electron chi connectivity index (χ3n) is 4.47. The molecule has 0 aliphatic rings. The van der Waals surface area contributed by atoms with Crippen LogP contribution in [0.4, 0.5) is 10.1 Å². The molecule has 3 aromatic rings. The Bertz CT molecular complexity index is 878. The quantitative estimate of drug-likeness (QED) is 0.642. The summed E-state index contributed by atoms with van der Waals surface area (Å²) in [5, 5.41) is 6.35. The minimum Gasteiger partial charge on any atom is -0.324 e. The van der Waals surface area contributed by atoms with Crippen LogP contribution in [0.25, 0.3) is 0 Å². The van der Waals surface area contributed by atoms with E-state index in [9.17, 15) is 9.18 Å². The van der Waals surface area contributed by atoms with Crippen molar-refractivity contribution in [3.05, 3.63) is 101 Å². The summed E-state index contributed by atoms with van der Waals surface area (Å²) in [5.41, 5.74) is 3.76. The van der Waals surface area contributed by atoms with E-state index in [-0.39, 0.29) is 11.7 Å². The average Bonchev–Trinajstić information content (AvgIpc) is 2.69. The van der Waals surface area contributed by atoms with E-state index in [2.05, 4.69) is 10.6 Å². The summed E-state index contributed by atoms with van der Waals surface area (Å²) >= 11 is 0. The summed E-state index contributed by atoms with van der Waals surface area (Å²) in [4.78, 5) is 12.9. The van der Waals surface area contributed by atoms with Crippen molar-refractivity contribution in [2.75, 3.05) is 11.9 Å². The van der Waals surface area contributed by atoms with E-state index in [1.165, 1.54) is 12.1 Å². The molecule has 1 atom stereocenters. The number of halogens is 1. The maximum absolute atomic E-state index is 13.0. The van der Waals surface area contributed by atoms with Gasteiger partial charge in [-0.15, -0.1) is 0 Å². The Labute approximate surface area is 159 Å². The van der Waals surface area contributed by atoms with Crippen molar-refractivity contribution in [2.24, 2.45) is 0 Å². The molecule has 3 rings (SSSR count). The molecule has 0 unspecified atom stereocenters. The number of carbonyl (C=O) groups excluding carboxylic acids is 1. The van der Waals surface area contributed by atoms with Gasteiger partial charge in [-0.1, -0.05) is 60.7 Å². The van der Waals surface area contributed by atoms with Crippen molar-refractivity contribution in [3.63, 3.8) is 0 Å². The highest BCUT2D eigenvalue weighted by Gasteiger charge is 2.20. The van der Waals surface area contributed by atoms with E-state index in [0.717, 1.165) is 22.4 Å². The lowest BCUT2D eigenvalue weighted by Gasteiger charge is -2.20. The van der Waals surface area contributed by atoms with Crippen LogP contribution in [0.15, 0.2) is 78.9 Å². The molecule has 0 aromatic heterocycles. The van der Waals surface area contributed by atoms with E-state index < -0.39 is 6.04 Å². The number of nitrogens with one attached hydrogen (secondary N) is 2. The lowest BCUT2D eigenvalue weighted by Crippen LogP contribution is -2.34. The molecule has 27 heavy (non-hydrogen) atoms. The topological polar surface area (TPSA) is 41.1 Å². The third-order valence-corrected chi connectivity index (χ3v) is 4.47. The molecule has 0 fully saturated rings. The van der Waals surface area contributed by atoms with Gasteiger partial charge >= 0.3 is 0 Å². The van der Waals surface area contributed by atoms with Gasteiger partial charge in [0, 0.05) is 12.2 Å². The summed E-state index contributed by atoms with van der Waals surface area (Å²) in [5.74, 6) is -0.346. The number of hydrogen-bond donors (Lipinski definition) is 2. The lowest BCUT2D eigenvalue weighted by atomic mass is 10.0. The molecule has 0 spiro atoms. The second-order valence-corrected chi connectivity index (χ2v) is 6.48. The number of carbonyl (C=O) groups is 1. The monoisotopic (exact) mass is 362 g/mol. The Morgan fingerprint density at radius 2 is 1.59 bits per heavy atom. The van der Waals surface area contributed by atoms with Crippen LogP contribution in [-0.2, 0) is 11.2 Å². The van der Waals surface area contributed by atoms with Crippen LogP contribution in [-0.4, -0.2) is 12.5 Å².